The molecule has 0 aliphatic rings. The van der Waals surface area contributed by atoms with Crippen LogP contribution in [0.3, 0.4) is 0 Å². The predicted octanol–water partition coefficient (Wildman–Crippen LogP) is 2.01. The molecule has 5 nitrogen and oxygen atoms in total. The number of nitrogens with zero attached hydrogens (tertiary/aromatic N) is 1. The van der Waals surface area contributed by atoms with E-state index in [0.717, 1.165) is 23.5 Å². The maximum atomic E-state index is 12.2. The fourth-order valence-electron chi connectivity index (χ4n) is 1.67. The molecule has 2 rings (SSSR count). The molecule has 2 N–H and O–H groups in total. The number of thiophene rings is 1. The molecule has 2 heterocycles. The Labute approximate surface area is 123 Å². The monoisotopic (exact) mass is 311 g/mol. The van der Waals surface area contributed by atoms with Crippen LogP contribution in [0.4, 0.5) is 5.82 Å². The summed E-state index contributed by atoms with van der Waals surface area (Å²) in [6.45, 7) is 2.64. The second kappa shape index (κ2) is 6.34. The number of likely N-dealkylation sites (N-methyl/N-ethyl adjacent to an activating group) is 1. The molecule has 0 radical (unpaired) electrons. The van der Waals surface area contributed by atoms with E-state index in [0.29, 0.717) is 10.0 Å². The number of anilines is 1. The molecule has 0 saturated carbocycles. The van der Waals surface area contributed by atoms with E-state index >= 15 is 0 Å². The molecule has 0 fully saturated rings. The third kappa shape index (κ3) is 3.78. The first-order valence-electron chi connectivity index (χ1n) is 6.21. The van der Waals surface area contributed by atoms with Gasteiger partial charge in [-0.25, -0.2) is 13.4 Å². The van der Waals surface area contributed by atoms with Crippen LogP contribution in [0.2, 0.25) is 0 Å². The first-order chi connectivity index (χ1) is 9.51. The second-order valence-electron chi connectivity index (χ2n) is 4.34. The van der Waals surface area contributed by atoms with Crippen molar-refractivity contribution in [3.63, 3.8) is 0 Å². The van der Waals surface area contributed by atoms with Gasteiger partial charge >= 0.3 is 0 Å². The lowest BCUT2D eigenvalue weighted by atomic mass is 10.3. The van der Waals surface area contributed by atoms with Gasteiger partial charge in [0.25, 0.3) is 10.0 Å². The number of hydrogen-bond donors (Lipinski definition) is 2. The molecule has 0 atom stereocenters. The van der Waals surface area contributed by atoms with Crippen molar-refractivity contribution in [2.45, 2.75) is 17.6 Å². The van der Waals surface area contributed by atoms with Crippen LogP contribution in [0, 0.1) is 6.92 Å². The van der Waals surface area contributed by atoms with E-state index in [2.05, 4.69) is 15.0 Å². The predicted molar refractivity (Wildman–Crippen MR) is 81.7 cm³/mol. The molecule has 0 unspecified atom stereocenters. The normalized spacial score (nSPS) is 11.5. The fourth-order valence-corrected chi connectivity index (χ4v) is 4.03. The summed E-state index contributed by atoms with van der Waals surface area (Å²) in [5.41, 5.74) is 0.770. The van der Waals surface area contributed by atoms with Gasteiger partial charge in [0.15, 0.2) is 0 Å². The van der Waals surface area contributed by atoms with Crippen LogP contribution >= 0.6 is 11.3 Å². The molecule has 20 heavy (non-hydrogen) atoms. The number of nitrogens with one attached hydrogen (secondary N) is 2. The van der Waals surface area contributed by atoms with E-state index in [1.165, 1.54) is 11.3 Å². The highest BCUT2D eigenvalue weighted by Gasteiger charge is 2.17. The Morgan fingerprint density at radius 2 is 2.05 bits per heavy atom. The molecule has 0 aliphatic carbocycles. The van der Waals surface area contributed by atoms with Gasteiger partial charge in [0.2, 0.25) is 0 Å². The van der Waals surface area contributed by atoms with Gasteiger partial charge in [0.1, 0.15) is 10.0 Å². The quantitative estimate of drug-likeness (QED) is 0.856. The summed E-state index contributed by atoms with van der Waals surface area (Å²) in [7, 11) is -1.68. The number of rotatable bonds is 6. The van der Waals surface area contributed by atoms with Crippen molar-refractivity contribution in [3.8, 4) is 0 Å². The van der Waals surface area contributed by atoms with Crippen molar-refractivity contribution >= 4 is 27.2 Å². The van der Waals surface area contributed by atoms with Crippen LogP contribution in [-0.4, -0.2) is 27.0 Å². The summed E-state index contributed by atoms with van der Waals surface area (Å²) in [6.07, 6.45) is 0.819. The highest BCUT2D eigenvalue weighted by Crippen LogP contribution is 2.23. The molecule has 0 saturated heterocycles. The SMILES string of the molecule is CNCCc1ccc(S(=O)(=O)Nc2cccc(C)n2)s1. The van der Waals surface area contributed by atoms with Crippen LogP contribution < -0.4 is 10.0 Å². The Hall–Kier alpha value is -1.44. The van der Waals surface area contributed by atoms with Crippen molar-refractivity contribution in [2.24, 2.45) is 0 Å². The lowest BCUT2D eigenvalue weighted by Crippen LogP contribution is -2.12. The highest BCUT2D eigenvalue weighted by atomic mass is 32.2. The Morgan fingerprint density at radius 3 is 2.75 bits per heavy atom. The Morgan fingerprint density at radius 1 is 1.25 bits per heavy atom. The van der Waals surface area contributed by atoms with Crippen molar-refractivity contribution < 1.29 is 8.42 Å². The van der Waals surface area contributed by atoms with Gasteiger partial charge in [-0.1, -0.05) is 6.07 Å². The van der Waals surface area contributed by atoms with Gasteiger partial charge in [-0.05, 0) is 51.2 Å². The molecule has 0 spiro atoms. The molecule has 2 aromatic rings. The van der Waals surface area contributed by atoms with Crippen LogP contribution in [0.15, 0.2) is 34.5 Å². The Balaban J connectivity index is 2.16. The number of hydrogen-bond acceptors (Lipinski definition) is 5. The highest BCUT2D eigenvalue weighted by molar-refractivity contribution is 7.94. The summed E-state index contributed by atoms with van der Waals surface area (Å²) < 4.78 is 27.3. The summed E-state index contributed by atoms with van der Waals surface area (Å²) in [5, 5.41) is 3.04. The minimum absolute atomic E-state index is 0.312. The molecule has 0 aliphatic heterocycles. The number of aromatic nitrogens is 1. The minimum Gasteiger partial charge on any atom is -0.319 e. The van der Waals surface area contributed by atoms with E-state index in [4.69, 9.17) is 0 Å². The third-order valence-corrected chi connectivity index (χ3v) is 5.64. The van der Waals surface area contributed by atoms with Gasteiger partial charge in [0.05, 0.1) is 0 Å². The Bertz CT molecular complexity index is 680. The zero-order valence-electron chi connectivity index (χ0n) is 11.4. The maximum Gasteiger partial charge on any atom is 0.272 e. The molecule has 0 aromatic carbocycles. The molecule has 0 bridgehead atoms. The molecular weight excluding hydrogens is 294 g/mol. The molecule has 7 heteroatoms. The smallest absolute Gasteiger partial charge is 0.272 e. The van der Waals surface area contributed by atoms with Gasteiger partial charge in [-0.2, -0.15) is 0 Å². The Kier molecular flexibility index (Phi) is 4.74. The van der Waals surface area contributed by atoms with Crippen molar-refractivity contribution in [1.82, 2.24) is 10.3 Å². The summed E-state index contributed by atoms with van der Waals surface area (Å²) in [4.78, 5) is 5.18. The van der Waals surface area contributed by atoms with Gasteiger partial charge in [-0.3, -0.25) is 4.72 Å². The van der Waals surface area contributed by atoms with Gasteiger partial charge in [-0.15, -0.1) is 11.3 Å². The van der Waals surface area contributed by atoms with Crippen LogP contribution in [0.25, 0.3) is 0 Å². The number of pyridine rings is 1. The topological polar surface area (TPSA) is 71.1 Å². The van der Waals surface area contributed by atoms with Gasteiger partial charge < -0.3 is 5.32 Å². The van der Waals surface area contributed by atoms with Gasteiger partial charge in [0, 0.05) is 10.6 Å². The number of aryl methyl sites for hydroxylation is 1. The standard InChI is InChI=1S/C13H17N3O2S2/c1-10-4-3-5-12(15-10)16-20(17,18)13-7-6-11(19-13)8-9-14-2/h3-7,14H,8-9H2,1-2H3,(H,15,16). The zero-order valence-corrected chi connectivity index (χ0v) is 13.0. The maximum absolute atomic E-state index is 12.2. The molecule has 2 aromatic heterocycles. The summed E-state index contributed by atoms with van der Waals surface area (Å²) in [6, 6.07) is 8.71. The van der Waals surface area contributed by atoms with Crippen molar-refractivity contribution in [3.05, 3.63) is 40.9 Å². The second-order valence-corrected chi connectivity index (χ2v) is 7.42. The zero-order chi connectivity index (χ0) is 14.6. The average Bonchev–Trinajstić information content (AvgIpc) is 2.85. The van der Waals surface area contributed by atoms with E-state index in [1.807, 2.05) is 26.1 Å². The molecule has 0 amide bonds. The first-order valence-corrected chi connectivity index (χ1v) is 8.51. The van der Waals surface area contributed by atoms with E-state index in [1.54, 1.807) is 18.2 Å². The van der Waals surface area contributed by atoms with Crippen LogP contribution in [0.1, 0.15) is 10.6 Å². The largest absolute Gasteiger partial charge is 0.319 e. The van der Waals surface area contributed by atoms with Crippen LogP contribution in [-0.2, 0) is 16.4 Å². The molecule has 108 valence electrons. The summed E-state index contributed by atoms with van der Waals surface area (Å²) in [5.74, 6) is 0.343. The fraction of sp³-hybridized carbons (Fsp3) is 0.308. The van der Waals surface area contributed by atoms with E-state index in [9.17, 15) is 8.42 Å². The lowest BCUT2D eigenvalue weighted by Gasteiger charge is -2.05. The average molecular weight is 311 g/mol. The third-order valence-electron chi connectivity index (χ3n) is 2.65. The summed E-state index contributed by atoms with van der Waals surface area (Å²) >= 11 is 1.28. The van der Waals surface area contributed by atoms with E-state index < -0.39 is 10.0 Å². The van der Waals surface area contributed by atoms with Crippen molar-refractivity contribution in [2.75, 3.05) is 18.3 Å². The first kappa shape index (κ1) is 15.0. The van der Waals surface area contributed by atoms with Crippen molar-refractivity contribution in [1.29, 1.82) is 0 Å². The number of sulfonamides is 1. The lowest BCUT2D eigenvalue weighted by molar-refractivity contribution is 0.603. The van der Waals surface area contributed by atoms with E-state index in [-0.39, 0.29) is 0 Å². The van der Waals surface area contributed by atoms with Crippen LogP contribution in [0.5, 0.6) is 0 Å². The molecular formula is C13H17N3O2S2. The minimum atomic E-state index is -3.55.